The van der Waals surface area contributed by atoms with Gasteiger partial charge in [0.05, 0.1) is 6.61 Å². The lowest BCUT2D eigenvalue weighted by atomic mass is 9.99. The summed E-state index contributed by atoms with van der Waals surface area (Å²) in [7, 11) is 0. The van der Waals surface area contributed by atoms with Crippen molar-refractivity contribution in [2.24, 2.45) is 0 Å². The maximum Gasteiger partial charge on any atom is 0.218 e. The predicted molar refractivity (Wildman–Crippen MR) is 78.3 cm³/mol. The minimum absolute atomic E-state index is 0.594. The normalized spacial score (nSPS) is 13.7. The van der Waals surface area contributed by atoms with E-state index in [0.717, 1.165) is 31.0 Å². The van der Waals surface area contributed by atoms with Crippen molar-refractivity contribution in [3.63, 3.8) is 0 Å². The van der Waals surface area contributed by atoms with Crippen molar-refractivity contribution in [3.05, 3.63) is 41.7 Å². The molecule has 0 atom stereocenters. The van der Waals surface area contributed by atoms with Crippen molar-refractivity contribution < 1.29 is 4.74 Å². The highest BCUT2D eigenvalue weighted by Crippen LogP contribution is 2.26. The summed E-state index contributed by atoms with van der Waals surface area (Å²) in [6, 6.07) is 8.15. The van der Waals surface area contributed by atoms with Gasteiger partial charge in [0.25, 0.3) is 0 Å². The molecule has 0 saturated heterocycles. The van der Waals surface area contributed by atoms with Crippen LogP contribution in [0, 0.1) is 0 Å². The average molecular weight is 270 g/mol. The Morgan fingerprint density at radius 1 is 1.35 bits per heavy atom. The Labute approximate surface area is 118 Å². The Hall–Kier alpha value is -2.14. The Balaban J connectivity index is 1.86. The molecule has 0 saturated carbocycles. The zero-order chi connectivity index (χ0) is 13.8. The molecule has 104 valence electrons. The van der Waals surface area contributed by atoms with Crippen molar-refractivity contribution >= 4 is 11.5 Å². The molecule has 5 nitrogen and oxygen atoms in total. The number of nitrogens with one attached hydrogen (secondary N) is 2. The van der Waals surface area contributed by atoms with Gasteiger partial charge in [-0.3, -0.25) is 0 Å². The quantitative estimate of drug-likeness (QED) is 0.892. The smallest absolute Gasteiger partial charge is 0.218 e. The molecule has 1 aliphatic heterocycles. The van der Waals surface area contributed by atoms with E-state index >= 15 is 0 Å². The Morgan fingerprint density at radius 3 is 3.20 bits per heavy atom. The molecule has 1 aromatic heterocycles. The van der Waals surface area contributed by atoms with E-state index in [1.54, 1.807) is 0 Å². The van der Waals surface area contributed by atoms with E-state index in [1.165, 1.54) is 17.5 Å². The van der Waals surface area contributed by atoms with Crippen LogP contribution in [0.4, 0.5) is 11.5 Å². The minimum atomic E-state index is 0.594. The highest BCUT2D eigenvalue weighted by Gasteiger charge is 2.12. The van der Waals surface area contributed by atoms with Gasteiger partial charge in [0.1, 0.15) is 12.1 Å². The summed E-state index contributed by atoms with van der Waals surface area (Å²) < 4.78 is 5.40. The Morgan fingerprint density at radius 2 is 2.30 bits per heavy atom. The van der Waals surface area contributed by atoms with Gasteiger partial charge in [0.15, 0.2) is 0 Å². The van der Waals surface area contributed by atoms with Gasteiger partial charge in [-0.05, 0) is 37.1 Å². The van der Waals surface area contributed by atoms with Gasteiger partial charge in [-0.1, -0.05) is 12.1 Å². The van der Waals surface area contributed by atoms with Crippen LogP contribution in [0.15, 0.2) is 30.6 Å². The number of rotatable bonds is 4. The number of aromatic nitrogens is 2. The summed E-state index contributed by atoms with van der Waals surface area (Å²) in [5.41, 5.74) is 3.83. The van der Waals surface area contributed by atoms with Crippen molar-refractivity contribution in [3.8, 4) is 5.88 Å². The molecule has 5 heteroatoms. The molecule has 0 unspecified atom stereocenters. The van der Waals surface area contributed by atoms with Gasteiger partial charge in [-0.2, -0.15) is 0 Å². The second-order valence-electron chi connectivity index (χ2n) is 4.67. The molecule has 1 aliphatic rings. The molecule has 20 heavy (non-hydrogen) atoms. The van der Waals surface area contributed by atoms with Crippen molar-refractivity contribution in [1.82, 2.24) is 15.3 Å². The molecule has 0 fully saturated rings. The molecular formula is C15H18N4O. The summed E-state index contributed by atoms with van der Waals surface area (Å²) in [4.78, 5) is 8.32. The lowest BCUT2D eigenvalue weighted by Crippen LogP contribution is -2.24. The fraction of sp³-hybridized carbons (Fsp3) is 0.333. The van der Waals surface area contributed by atoms with Crippen LogP contribution < -0.4 is 15.4 Å². The molecule has 0 amide bonds. The second kappa shape index (κ2) is 5.88. The summed E-state index contributed by atoms with van der Waals surface area (Å²) in [5.74, 6) is 1.35. The molecular weight excluding hydrogens is 252 g/mol. The van der Waals surface area contributed by atoms with Crippen LogP contribution in [0.25, 0.3) is 0 Å². The fourth-order valence-electron chi connectivity index (χ4n) is 2.42. The maximum absolute atomic E-state index is 5.40. The lowest BCUT2D eigenvalue weighted by Gasteiger charge is -2.20. The van der Waals surface area contributed by atoms with Crippen LogP contribution in [-0.2, 0) is 13.0 Å². The highest BCUT2D eigenvalue weighted by molar-refractivity contribution is 5.63. The number of benzene rings is 1. The predicted octanol–water partition coefficient (Wildman–Crippen LogP) is 2.26. The Kier molecular flexibility index (Phi) is 3.78. The number of hydrogen-bond acceptors (Lipinski definition) is 5. The summed E-state index contributed by atoms with van der Waals surface area (Å²) in [6.45, 7) is 4.48. The van der Waals surface area contributed by atoms with E-state index in [1.807, 2.05) is 13.0 Å². The summed E-state index contributed by atoms with van der Waals surface area (Å²) in [6.07, 6.45) is 2.55. The molecule has 2 aromatic rings. The third-order valence-electron chi connectivity index (χ3n) is 3.34. The summed E-state index contributed by atoms with van der Waals surface area (Å²) >= 11 is 0. The maximum atomic E-state index is 5.40. The van der Waals surface area contributed by atoms with Crippen LogP contribution in [0.1, 0.15) is 18.1 Å². The average Bonchev–Trinajstić information content (AvgIpc) is 2.48. The molecule has 3 rings (SSSR count). The van der Waals surface area contributed by atoms with Crippen LogP contribution in [0.3, 0.4) is 0 Å². The van der Waals surface area contributed by atoms with Gasteiger partial charge < -0.3 is 15.4 Å². The zero-order valence-electron chi connectivity index (χ0n) is 11.5. The van der Waals surface area contributed by atoms with Crippen LogP contribution >= 0.6 is 0 Å². The van der Waals surface area contributed by atoms with Crippen LogP contribution in [0.2, 0.25) is 0 Å². The first-order chi connectivity index (χ1) is 9.86. The second-order valence-corrected chi connectivity index (χ2v) is 4.67. The third-order valence-corrected chi connectivity index (χ3v) is 3.34. The highest BCUT2D eigenvalue weighted by atomic mass is 16.5. The summed E-state index contributed by atoms with van der Waals surface area (Å²) in [5, 5.41) is 6.76. The molecule has 1 aromatic carbocycles. The van der Waals surface area contributed by atoms with E-state index in [9.17, 15) is 0 Å². The van der Waals surface area contributed by atoms with Crippen molar-refractivity contribution in [2.75, 3.05) is 18.5 Å². The minimum Gasteiger partial charge on any atom is -0.478 e. The first kappa shape index (κ1) is 12.9. The SMILES string of the molecule is CCOc1cc(Nc2cccc3c2CCNC3)ncn1. The van der Waals surface area contributed by atoms with E-state index in [0.29, 0.717) is 12.5 Å². The largest absolute Gasteiger partial charge is 0.478 e. The van der Waals surface area contributed by atoms with Crippen LogP contribution in [-0.4, -0.2) is 23.1 Å². The first-order valence-corrected chi connectivity index (χ1v) is 6.90. The van der Waals surface area contributed by atoms with Crippen molar-refractivity contribution in [2.45, 2.75) is 19.9 Å². The van der Waals surface area contributed by atoms with Gasteiger partial charge in [-0.15, -0.1) is 0 Å². The molecule has 0 spiro atoms. The molecule has 2 N–H and O–H groups in total. The number of anilines is 2. The Bertz CT molecular complexity index is 600. The fourth-order valence-corrected chi connectivity index (χ4v) is 2.42. The molecule has 2 heterocycles. The van der Waals surface area contributed by atoms with E-state index in [2.05, 4.69) is 38.8 Å². The molecule has 0 aliphatic carbocycles. The van der Waals surface area contributed by atoms with Gasteiger partial charge in [0.2, 0.25) is 5.88 Å². The standard InChI is InChI=1S/C15H18N4O/c1-2-20-15-8-14(17-10-18-15)19-13-5-3-4-11-9-16-7-6-12(11)13/h3-5,8,10,16H,2,6-7,9H2,1H3,(H,17,18,19). The van der Waals surface area contributed by atoms with E-state index < -0.39 is 0 Å². The van der Waals surface area contributed by atoms with Crippen molar-refractivity contribution in [1.29, 1.82) is 0 Å². The topological polar surface area (TPSA) is 59.1 Å². The third kappa shape index (κ3) is 2.72. The zero-order valence-corrected chi connectivity index (χ0v) is 11.5. The van der Waals surface area contributed by atoms with E-state index in [4.69, 9.17) is 4.74 Å². The number of fused-ring (bicyclic) bond motifs is 1. The number of nitrogens with zero attached hydrogens (tertiary/aromatic N) is 2. The van der Waals surface area contributed by atoms with E-state index in [-0.39, 0.29) is 0 Å². The molecule has 0 radical (unpaired) electrons. The number of hydrogen-bond donors (Lipinski definition) is 2. The van der Waals surface area contributed by atoms with Crippen LogP contribution in [0.5, 0.6) is 5.88 Å². The van der Waals surface area contributed by atoms with Gasteiger partial charge in [0, 0.05) is 18.3 Å². The number of ether oxygens (including phenoxy) is 1. The lowest BCUT2D eigenvalue weighted by molar-refractivity contribution is 0.326. The van der Waals surface area contributed by atoms with Gasteiger partial charge in [-0.25, -0.2) is 9.97 Å². The monoisotopic (exact) mass is 270 g/mol. The first-order valence-electron chi connectivity index (χ1n) is 6.90. The molecule has 0 bridgehead atoms. The van der Waals surface area contributed by atoms with Gasteiger partial charge >= 0.3 is 0 Å².